The second kappa shape index (κ2) is 9.11. The Morgan fingerprint density at radius 3 is 2.53 bits per heavy atom. The molecule has 2 heterocycles. The summed E-state index contributed by atoms with van der Waals surface area (Å²) in [5, 5.41) is 3.25. The van der Waals surface area contributed by atoms with E-state index in [0.717, 1.165) is 23.1 Å². The molecular formula is C26H17ClF2N4O. The van der Waals surface area contributed by atoms with E-state index in [4.69, 9.17) is 11.6 Å². The molecule has 0 bridgehead atoms. The van der Waals surface area contributed by atoms with Gasteiger partial charge in [-0.05, 0) is 53.5 Å². The van der Waals surface area contributed by atoms with Gasteiger partial charge in [-0.2, -0.15) is 0 Å². The van der Waals surface area contributed by atoms with Crippen LogP contribution in [0, 0.1) is 11.6 Å². The molecule has 2 aliphatic rings. The molecule has 1 N–H and O–H groups in total. The molecule has 0 saturated heterocycles. The molecule has 1 aromatic heterocycles. The van der Waals surface area contributed by atoms with Crippen LogP contribution in [0.25, 0.3) is 11.1 Å². The number of allylic oxidation sites excluding steroid dienone is 5. The van der Waals surface area contributed by atoms with Gasteiger partial charge in [-0.1, -0.05) is 35.9 Å². The molecule has 1 aliphatic carbocycles. The van der Waals surface area contributed by atoms with Crippen LogP contribution in [0.15, 0.2) is 77.6 Å². The minimum atomic E-state index is -0.688. The predicted octanol–water partition coefficient (Wildman–Crippen LogP) is 5.80. The molecule has 2 aromatic carbocycles. The zero-order chi connectivity index (χ0) is 23.7. The van der Waals surface area contributed by atoms with E-state index in [-0.39, 0.29) is 10.7 Å². The predicted molar refractivity (Wildman–Crippen MR) is 129 cm³/mol. The Morgan fingerprint density at radius 2 is 1.79 bits per heavy atom. The van der Waals surface area contributed by atoms with Gasteiger partial charge in [0.2, 0.25) is 5.95 Å². The normalized spacial score (nSPS) is 14.6. The number of halogens is 3. The molecule has 1 aliphatic heterocycles. The summed E-state index contributed by atoms with van der Waals surface area (Å²) >= 11 is 6.23. The summed E-state index contributed by atoms with van der Waals surface area (Å²) in [5.41, 5.74) is 4.44. The topological polar surface area (TPSA) is 67.2 Å². The van der Waals surface area contributed by atoms with Gasteiger partial charge in [0.15, 0.2) is 0 Å². The SMILES string of the molecule is O=CCc1ccc(Nc2ncc3c(n2)C2=CN=C(Cl)C=C(c4c(F)cccc4F)C2=CC3)cc1. The van der Waals surface area contributed by atoms with Crippen LogP contribution in [0.1, 0.15) is 22.4 Å². The first-order chi connectivity index (χ1) is 16.5. The molecule has 0 unspecified atom stereocenters. The van der Waals surface area contributed by atoms with Crippen molar-refractivity contribution in [2.45, 2.75) is 12.8 Å². The number of aromatic nitrogens is 2. The van der Waals surface area contributed by atoms with Gasteiger partial charge in [-0.3, -0.25) is 0 Å². The number of anilines is 2. The number of aliphatic imine (C=N–C) groups is 1. The quantitative estimate of drug-likeness (QED) is 0.475. The van der Waals surface area contributed by atoms with Crippen LogP contribution in [-0.2, 0) is 17.6 Å². The lowest BCUT2D eigenvalue weighted by atomic mass is 9.84. The van der Waals surface area contributed by atoms with Gasteiger partial charge in [-0.25, -0.2) is 23.7 Å². The first-order valence-electron chi connectivity index (χ1n) is 10.5. The van der Waals surface area contributed by atoms with E-state index in [1.807, 2.05) is 30.3 Å². The standard InChI is InChI=1S/C26H17ClF2N4O/c27-23-12-19(24-21(28)2-1-3-22(24)29)18-9-6-16-13-31-26(33-25(16)20(18)14-30-23)32-17-7-4-15(5-8-17)10-11-34/h1-5,7-9,11-14H,6,10H2,(H,31,32,33). The fraction of sp³-hybridized carbons (Fsp3) is 0.0769. The minimum Gasteiger partial charge on any atom is -0.324 e. The van der Waals surface area contributed by atoms with Crippen LogP contribution in [0.4, 0.5) is 20.4 Å². The van der Waals surface area contributed by atoms with Crippen molar-refractivity contribution in [1.29, 1.82) is 0 Å². The number of aldehydes is 1. The van der Waals surface area contributed by atoms with E-state index >= 15 is 0 Å². The monoisotopic (exact) mass is 474 g/mol. The van der Waals surface area contributed by atoms with Crippen LogP contribution < -0.4 is 5.32 Å². The van der Waals surface area contributed by atoms with Gasteiger partial charge in [0.25, 0.3) is 0 Å². The molecule has 8 heteroatoms. The van der Waals surface area contributed by atoms with Gasteiger partial charge in [-0.15, -0.1) is 0 Å². The van der Waals surface area contributed by atoms with Crippen molar-refractivity contribution in [2.75, 3.05) is 5.32 Å². The Kier molecular flexibility index (Phi) is 5.86. The van der Waals surface area contributed by atoms with Gasteiger partial charge in [0.05, 0.1) is 11.3 Å². The number of benzene rings is 2. The molecule has 5 rings (SSSR count). The van der Waals surface area contributed by atoms with Gasteiger partial charge >= 0.3 is 0 Å². The molecule has 0 fully saturated rings. The van der Waals surface area contributed by atoms with Gasteiger partial charge in [0, 0.05) is 35.6 Å². The summed E-state index contributed by atoms with van der Waals surface area (Å²) in [4.78, 5) is 24.0. The number of hydrogen-bond donors (Lipinski definition) is 1. The summed E-state index contributed by atoms with van der Waals surface area (Å²) in [7, 11) is 0. The number of nitrogens with one attached hydrogen (secondary N) is 1. The smallest absolute Gasteiger partial charge is 0.227 e. The second-order valence-electron chi connectivity index (χ2n) is 7.73. The van der Waals surface area contributed by atoms with Crippen molar-refractivity contribution >= 4 is 45.8 Å². The lowest BCUT2D eigenvalue weighted by Crippen LogP contribution is -2.10. The highest BCUT2D eigenvalue weighted by atomic mass is 35.5. The molecule has 0 saturated carbocycles. The fourth-order valence-electron chi connectivity index (χ4n) is 3.96. The number of nitrogens with zero attached hydrogens (tertiary/aromatic N) is 3. The highest BCUT2D eigenvalue weighted by molar-refractivity contribution is 6.69. The molecule has 0 spiro atoms. The lowest BCUT2D eigenvalue weighted by molar-refractivity contribution is -0.107. The van der Waals surface area contributed by atoms with E-state index in [2.05, 4.69) is 20.3 Å². The minimum absolute atomic E-state index is 0.102. The van der Waals surface area contributed by atoms with Crippen molar-refractivity contribution in [3.05, 3.63) is 107 Å². The summed E-state index contributed by atoms with van der Waals surface area (Å²) < 4.78 is 29.3. The molecule has 3 aromatic rings. The Balaban J connectivity index is 1.53. The lowest BCUT2D eigenvalue weighted by Gasteiger charge is -2.22. The highest BCUT2D eigenvalue weighted by Gasteiger charge is 2.27. The van der Waals surface area contributed by atoms with Crippen molar-refractivity contribution in [2.24, 2.45) is 4.99 Å². The highest BCUT2D eigenvalue weighted by Crippen LogP contribution is 2.41. The molecule has 0 radical (unpaired) electrons. The first-order valence-corrected chi connectivity index (χ1v) is 10.9. The summed E-state index contributed by atoms with van der Waals surface area (Å²) in [6, 6.07) is 11.1. The van der Waals surface area contributed by atoms with Crippen molar-refractivity contribution in [3.8, 4) is 0 Å². The third-order valence-corrected chi connectivity index (χ3v) is 5.77. The van der Waals surface area contributed by atoms with Crippen LogP contribution in [0.3, 0.4) is 0 Å². The zero-order valence-corrected chi connectivity index (χ0v) is 18.5. The van der Waals surface area contributed by atoms with Crippen LogP contribution in [-0.4, -0.2) is 21.4 Å². The third kappa shape index (κ3) is 4.18. The van der Waals surface area contributed by atoms with E-state index in [1.54, 1.807) is 12.4 Å². The average Bonchev–Trinajstić information content (AvgIpc) is 2.99. The fourth-order valence-corrected chi connectivity index (χ4v) is 4.11. The zero-order valence-electron chi connectivity index (χ0n) is 17.7. The van der Waals surface area contributed by atoms with E-state index in [0.29, 0.717) is 41.2 Å². The second-order valence-corrected chi connectivity index (χ2v) is 8.12. The van der Waals surface area contributed by atoms with Crippen molar-refractivity contribution in [1.82, 2.24) is 9.97 Å². The molecule has 0 amide bonds. The van der Waals surface area contributed by atoms with Crippen molar-refractivity contribution < 1.29 is 13.6 Å². The van der Waals surface area contributed by atoms with E-state index in [1.165, 1.54) is 24.3 Å². The number of rotatable bonds is 5. The average molecular weight is 475 g/mol. The largest absolute Gasteiger partial charge is 0.324 e. The maximum Gasteiger partial charge on any atom is 0.227 e. The molecule has 34 heavy (non-hydrogen) atoms. The van der Waals surface area contributed by atoms with E-state index in [9.17, 15) is 13.6 Å². The molecule has 0 atom stereocenters. The van der Waals surface area contributed by atoms with Gasteiger partial charge in [0.1, 0.15) is 23.1 Å². The van der Waals surface area contributed by atoms with Gasteiger partial charge < -0.3 is 10.1 Å². The van der Waals surface area contributed by atoms with E-state index < -0.39 is 11.6 Å². The maximum absolute atomic E-state index is 14.7. The van der Waals surface area contributed by atoms with Crippen LogP contribution in [0.5, 0.6) is 0 Å². The number of fused-ring (bicyclic) bond motifs is 3. The van der Waals surface area contributed by atoms with Crippen LogP contribution in [0.2, 0.25) is 0 Å². The molecule has 5 nitrogen and oxygen atoms in total. The number of carbonyl (C=O) groups excluding carboxylic acids is 1. The molecule has 168 valence electrons. The Bertz CT molecular complexity index is 1400. The summed E-state index contributed by atoms with van der Waals surface area (Å²) in [6.07, 6.45) is 8.28. The third-order valence-electron chi connectivity index (χ3n) is 5.57. The number of carbonyl (C=O) groups is 1. The summed E-state index contributed by atoms with van der Waals surface area (Å²) in [6.45, 7) is 0. The number of hydrogen-bond acceptors (Lipinski definition) is 5. The molecular weight excluding hydrogens is 458 g/mol. The maximum atomic E-state index is 14.7. The first kappa shape index (κ1) is 21.9. The Hall–Kier alpha value is -3.97. The van der Waals surface area contributed by atoms with Crippen molar-refractivity contribution in [3.63, 3.8) is 0 Å². The summed E-state index contributed by atoms with van der Waals surface area (Å²) in [5.74, 6) is -1.02. The van der Waals surface area contributed by atoms with Crippen LogP contribution >= 0.6 is 11.6 Å². The Labute approximate surface area is 199 Å². The Morgan fingerprint density at radius 1 is 1.03 bits per heavy atom.